The molecule has 0 aliphatic carbocycles. The highest BCUT2D eigenvalue weighted by molar-refractivity contribution is 5.97. The van der Waals surface area contributed by atoms with E-state index in [-0.39, 0.29) is 36.9 Å². The van der Waals surface area contributed by atoms with Crippen molar-refractivity contribution in [3.8, 4) is 0 Å². The number of nitrogens with one attached hydrogen (secondary N) is 2. The third-order valence-corrected chi connectivity index (χ3v) is 4.77. The van der Waals surface area contributed by atoms with E-state index < -0.39 is 0 Å². The van der Waals surface area contributed by atoms with Crippen LogP contribution in [0.3, 0.4) is 0 Å². The van der Waals surface area contributed by atoms with Gasteiger partial charge in [-0.15, -0.1) is 12.4 Å². The lowest BCUT2D eigenvalue weighted by molar-refractivity contribution is -0.121. The summed E-state index contributed by atoms with van der Waals surface area (Å²) in [6.07, 6.45) is 5.06. The molecule has 1 aliphatic heterocycles. The molecule has 1 aromatic rings. The molecule has 26 heavy (non-hydrogen) atoms. The Morgan fingerprint density at radius 1 is 1.19 bits per heavy atom. The highest BCUT2D eigenvalue weighted by Crippen LogP contribution is 2.13. The van der Waals surface area contributed by atoms with Crippen LogP contribution in [0.5, 0.6) is 0 Å². The van der Waals surface area contributed by atoms with Gasteiger partial charge in [0.1, 0.15) is 0 Å². The maximum absolute atomic E-state index is 12.2. The number of Topliss-reactive ketones (excluding diaryl/α,β-unsaturated/α-hetero) is 1. The summed E-state index contributed by atoms with van der Waals surface area (Å²) in [7, 11) is 0. The average Bonchev–Trinajstić information content (AvgIpc) is 2.61. The van der Waals surface area contributed by atoms with Crippen LogP contribution in [0.25, 0.3) is 0 Å². The number of carbonyl (C=O) groups is 2. The summed E-state index contributed by atoms with van der Waals surface area (Å²) in [6, 6.07) is 7.80. The molecule has 0 aromatic heterocycles. The van der Waals surface area contributed by atoms with Crippen LogP contribution in [0.1, 0.15) is 61.9 Å². The van der Waals surface area contributed by atoms with Gasteiger partial charge in [0.05, 0.1) is 0 Å². The summed E-state index contributed by atoms with van der Waals surface area (Å²) in [5.41, 5.74) is 1.95. The smallest absolute Gasteiger partial charge is 0.220 e. The van der Waals surface area contributed by atoms with E-state index in [0.29, 0.717) is 23.9 Å². The van der Waals surface area contributed by atoms with E-state index in [9.17, 15) is 9.59 Å². The van der Waals surface area contributed by atoms with E-state index in [1.54, 1.807) is 0 Å². The first-order chi connectivity index (χ1) is 12.0. The molecule has 0 saturated carbocycles. The normalized spacial score (nSPS) is 16.8. The van der Waals surface area contributed by atoms with Gasteiger partial charge in [-0.25, -0.2) is 0 Å². The van der Waals surface area contributed by atoms with Gasteiger partial charge in [0.2, 0.25) is 5.91 Å². The van der Waals surface area contributed by atoms with Gasteiger partial charge in [0.15, 0.2) is 5.78 Å². The second-order valence-electron chi connectivity index (χ2n) is 7.57. The highest BCUT2D eigenvalue weighted by atomic mass is 35.5. The Balaban J connectivity index is 0.00000338. The van der Waals surface area contributed by atoms with Crippen LogP contribution in [0, 0.1) is 11.8 Å². The fourth-order valence-electron chi connectivity index (χ4n) is 3.34. The zero-order chi connectivity index (χ0) is 18.1. The summed E-state index contributed by atoms with van der Waals surface area (Å²) in [6.45, 7) is 7.25. The quantitative estimate of drug-likeness (QED) is 0.641. The van der Waals surface area contributed by atoms with Gasteiger partial charge < -0.3 is 10.6 Å². The number of hydrogen-bond donors (Lipinski definition) is 2. The molecule has 1 atom stereocenters. The number of halogens is 1. The van der Waals surface area contributed by atoms with Crippen molar-refractivity contribution in [2.24, 2.45) is 11.8 Å². The van der Waals surface area contributed by atoms with Gasteiger partial charge in [-0.2, -0.15) is 0 Å². The van der Waals surface area contributed by atoms with Crippen LogP contribution >= 0.6 is 12.4 Å². The van der Waals surface area contributed by atoms with Gasteiger partial charge in [0, 0.05) is 24.9 Å². The summed E-state index contributed by atoms with van der Waals surface area (Å²) >= 11 is 0. The van der Waals surface area contributed by atoms with Gasteiger partial charge in [-0.05, 0) is 56.2 Å². The molecule has 0 radical (unpaired) electrons. The molecule has 1 aliphatic rings. The van der Waals surface area contributed by atoms with E-state index in [4.69, 9.17) is 0 Å². The van der Waals surface area contributed by atoms with Gasteiger partial charge >= 0.3 is 0 Å². The van der Waals surface area contributed by atoms with Crippen LogP contribution in [0.4, 0.5) is 0 Å². The first-order valence-corrected chi connectivity index (χ1v) is 9.64. The average molecular weight is 381 g/mol. The molecule has 4 nitrogen and oxygen atoms in total. The van der Waals surface area contributed by atoms with Crippen molar-refractivity contribution in [2.45, 2.75) is 52.4 Å². The highest BCUT2D eigenvalue weighted by Gasteiger charge is 2.13. The third-order valence-electron chi connectivity index (χ3n) is 4.77. The summed E-state index contributed by atoms with van der Waals surface area (Å²) in [5, 5.41) is 6.34. The second kappa shape index (κ2) is 12.1. The molecule has 2 rings (SSSR count). The standard InChI is InChI=1S/C21H32N2O2.ClH/c1-16(2)14-17-5-7-19(8-6-17)20(24)9-10-21(25)23-13-11-18-4-3-12-22-15-18;/h5-8,16,18,22H,3-4,9-15H2,1-2H3,(H,23,25);1H. The number of hydrogen-bond acceptors (Lipinski definition) is 3. The van der Waals surface area contributed by atoms with Gasteiger partial charge in [-0.3, -0.25) is 9.59 Å². The van der Waals surface area contributed by atoms with Crippen molar-refractivity contribution in [1.82, 2.24) is 10.6 Å². The molecule has 1 amide bonds. The van der Waals surface area contributed by atoms with E-state index >= 15 is 0 Å². The van der Waals surface area contributed by atoms with Crippen molar-refractivity contribution in [3.63, 3.8) is 0 Å². The second-order valence-corrected chi connectivity index (χ2v) is 7.57. The topological polar surface area (TPSA) is 58.2 Å². The van der Waals surface area contributed by atoms with Gasteiger partial charge in [0.25, 0.3) is 0 Å². The fraction of sp³-hybridized carbons (Fsp3) is 0.619. The van der Waals surface area contributed by atoms with E-state index in [2.05, 4.69) is 24.5 Å². The Hall–Kier alpha value is -1.39. The van der Waals surface area contributed by atoms with Crippen LogP contribution in [-0.4, -0.2) is 31.3 Å². The molecule has 146 valence electrons. The van der Waals surface area contributed by atoms with Crippen molar-refractivity contribution < 1.29 is 9.59 Å². The minimum Gasteiger partial charge on any atom is -0.356 e. The third kappa shape index (κ3) is 8.33. The molecule has 1 heterocycles. The number of amides is 1. The first-order valence-electron chi connectivity index (χ1n) is 9.64. The van der Waals surface area contributed by atoms with Crippen LogP contribution in [0.2, 0.25) is 0 Å². The molecular weight excluding hydrogens is 348 g/mol. The molecule has 1 unspecified atom stereocenters. The Morgan fingerprint density at radius 3 is 2.54 bits per heavy atom. The number of benzene rings is 1. The van der Waals surface area contributed by atoms with Gasteiger partial charge in [-0.1, -0.05) is 38.1 Å². The Bertz CT molecular complexity index is 552. The molecule has 1 aromatic carbocycles. The molecule has 0 bridgehead atoms. The lowest BCUT2D eigenvalue weighted by atomic mass is 9.96. The predicted molar refractivity (Wildman–Crippen MR) is 109 cm³/mol. The zero-order valence-electron chi connectivity index (χ0n) is 16.1. The molecule has 5 heteroatoms. The number of ketones is 1. The Labute approximate surface area is 163 Å². The van der Waals surface area contributed by atoms with Crippen LogP contribution in [0.15, 0.2) is 24.3 Å². The molecule has 0 spiro atoms. The van der Waals surface area contributed by atoms with Crippen LogP contribution in [-0.2, 0) is 11.2 Å². The number of rotatable bonds is 9. The first kappa shape index (κ1) is 22.7. The van der Waals surface area contributed by atoms with Crippen molar-refractivity contribution >= 4 is 24.1 Å². The van der Waals surface area contributed by atoms with E-state index in [1.165, 1.54) is 18.4 Å². The maximum Gasteiger partial charge on any atom is 0.220 e. The molecule has 1 fully saturated rings. The molecule has 1 saturated heterocycles. The zero-order valence-corrected chi connectivity index (χ0v) is 16.9. The van der Waals surface area contributed by atoms with E-state index in [1.807, 2.05) is 24.3 Å². The number of carbonyl (C=O) groups excluding carboxylic acids is 2. The Morgan fingerprint density at radius 2 is 1.92 bits per heavy atom. The lowest BCUT2D eigenvalue weighted by Gasteiger charge is -2.22. The number of piperidine rings is 1. The molecular formula is C21H33ClN2O2. The SMILES string of the molecule is CC(C)Cc1ccc(C(=O)CCC(=O)NCCC2CCCNC2)cc1.Cl. The summed E-state index contributed by atoms with van der Waals surface area (Å²) in [4.78, 5) is 24.1. The monoisotopic (exact) mass is 380 g/mol. The van der Waals surface area contributed by atoms with E-state index in [0.717, 1.165) is 25.9 Å². The minimum absolute atomic E-state index is 0. The lowest BCUT2D eigenvalue weighted by Crippen LogP contribution is -2.33. The molecule has 2 N–H and O–H groups in total. The summed E-state index contributed by atoms with van der Waals surface area (Å²) in [5.74, 6) is 1.30. The largest absolute Gasteiger partial charge is 0.356 e. The maximum atomic E-state index is 12.2. The van der Waals surface area contributed by atoms with Crippen molar-refractivity contribution in [1.29, 1.82) is 0 Å². The Kier molecular flexibility index (Phi) is 10.5. The fourth-order valence-corrected chi connectivity index (χ4v) is 3.34. The van der Waals surface area contributed by atoms with Crippen molar-refractivity contribution in [3.05, 3.63) is 35.4 Å². The van der Waals surface area contributed by atoms with Crippen LogP contribution < -0.4 is 10.6 Å². The summed E-state index contributed by atoms with van der Waals surface area (Å²) < 4.78 is 0. The minimum atomic E-state index is -0.0199. The predicted octanol–water partition coefficient (Wildman–Crippen LogP) is 3.78. The van der Waals surface area contributed by atoms with Crippen molar-refractivity contribution in [2.75, 3.05) is 19.6 Å².